The molecule has 8 heteroatoms. The topological polar surface area (TPSA) is 69.1 Å². The van der Waals surface area contributed by atoms with Crippen LogP contribution in [-0.4, -0.2) is 18.9 Å². The Morgan fingerprint density at radius 3 is 2.50 bits per heavy atom. The average Bonchev–Trinajstić information content (AvgIpc) is 2.65. The molecule has 0 saturated heterocycles. The Morgan fingerprint density at radius 1 is 1.27 bits per heavy atom. The predicted molar refractivity (Wildman–Crippen MR) is 73.7 cm³/mol. The van der Waals surface area contributed by atoms with Crippen molar-refractivity contribution in [2.75, 3.05) is 11.9 Å². The number of likely N-dealkylation sites (N-methyl/N-ethyl adjacent to an activating group) is 1. The van der Waals surface area contributed by atoms with Gasteiger partial charge in [0.25, 0.3) is 0 Å². The van der Waals surface area contributed by atoms with E-state index < -0.39 is 30.0 Å². The van der Waals surface area contributed by atoms with Crippen LogP contribution < -0.4 is 4.90 Å². The summed E-state index contributed by atoms with van der Waals surface area (Å²) in [6.45, 7) is 0. The maximum absolute atomic E-state index is 14.3. The second-order valence-electron chi connectivity index (χ2n) is 5.82. The first kappa shape index (κ1) is 14.7. The molecule has 0 unspecified atom stereocenters. The van der Waals surface area contributed by atoms with Crippen LogP contribution in [0.2, 0.25) is 0 Å². The van der Waals surface area contributed by atoms with Crippen molar-refractivity contribution in [3.05, 3.63) is 34.0 Å². The summed E-state index contributed by atoms with van der Waals surface area (Å²) in [5, 5.41) is 3.36. The van der Waals surface area contributed by atoms with Crippen molar-refractivity contribution in [3.8, 4) is 0 Å². The zero-order valence-electron chi connectivity index (χ0n) is 11.8. The number of fused-ring (bicyclic) bond motifs is 2. The van der Waals surface area contributed by atoms with Crippen molar-refractivity contribution in [2.24, 2.45) is 5.11 Å². The number of azide groups is 1. The molecule has 0 N–H and O–H groups in total. The summed E-state index contributed by atoms with van der Waals surface area (Å²) in [5.41, 5.74) is 7.82. The van der Waals surface area contributed by atoms with Gasteiger partial charge >= 0.3 is 0 Å². The van der Waals surface area contributed by atoms with E-state index in [-0.39, 0.29) is 30.1 Å². The molecule has 1 amide bonds. The zero-order chi connectivity index (χ0) is 16.1. The minimum Gasteiger partial charge on any atom is -0.312 e. The van der Waals surface area contributed by atoms with Gasteiger partial charge in [0.1, 0.15) is 5.82 Å². The van der Waals surface area contributed by atoms with Crippen molar-refractivity contribution < 1.29 is 18.0 Å². The third-order valence-electron chi connectivity index (χ3n) is 4.61. The molecule has 1 heterocycles. The number of benzene rings is 1. The molecule has 0 aromatic heterocycles. The van der Waals surface area contributed by atoms with Gasteiger partial charge in [0.15, 0.2) is 0 Å². The fourth-order valence-corrected chi connectivity index (χ4v) is 3.46. The molecule has 0 bridgehead atoms. The van der Waals surface area contributed by atoms with Gasteiger partial charge in [-0.25, -0.2) is 13.2 Å². The van der Waals surface area contributed by atoms with Gasteiger partial charge in [-0.05, 0) is 36.1 Å². The third kappa shape index (κ3) is 1.94. The van der Waals surface area contributed by atoms with Crippen LogP contribution >= 0.6 is 0 Å². The van der Waals surface area contributed by atoms with Crippen LogP contribution in [0.25, 0.3) is 10.4 Å². The Balaban J connectivity index is 2.16. The largest absolute Gasteiger partial charge is 0.312 e. The highest BCUT2D eigenvalue weighted by molar-refractivity contribution is 6.08. The number of amides is 1. The fourth-order valence-electron chi connectivity index (χ4n) is 3.46. The number of hydrogen-bond donors (Lipinski definition) is 0. The normalized spacial score (nSPS) is 21.6. The summed E-state index contributed by atoms with van der Waals surface area (Å²) in [6.07, 6.45) is -0.927. The highest BCUT2D eigenvalue weighted by Crippen LogP contribution is 2.54. The van der Waals surface area contributed by atoms with E-state index in [2.05, 4.69) is 10.0 Å². The predicted octanol–water partition coefficient (Wildman–Crippen LogP) is 4.19. The number of alkyl halides is 2. The molecular weight excluding hydrogens is 297 g/mol. The summed E-state index contributed by atoms with van der Waals surface area (Å²) < 4.78 is 41.2. The lowest BCUT2D eigenvalue weighted by molar-refractivity contribution is -0.127. The first-order valence-corrected chi connectivity index (χ1v) is 6.86. The molecule has 2 aliphatic rings. The second kappa shape index (κ2) is 4.64. The standard InChI is InChI=1S/C14H13F3N4O/c1-21-11-9(6-8(19-20-18)7-10(11)15)13(12(21)22)2-4-14(16,17)5-3-13/h6-7H,2-5H2,1H3. The van der Waals surface area contributed by atoms with Gasteiger partial charge in [-0.1, -0.05) is 5.11 Å². The van der Waals surface area contributed by atoms with Gasteiger partial charge in [-0.2, -0.15) is 0 Å². The molecule has 22 heavy (non-hydrogen) atoms. The fraction of sp³-hybridized carbons (Fsp3) is 0.500. The maximum Gasteiger partial charge on any atom is 0.248 e. The van der Waals surface area contributed by atoms with Crippen molar-refractivity contribution in [2.45, 2.75) is 37.0 Å². The van der Waals surface area contributed by atoms with E-state index in [4.69, 9.17) is 5.53 Å². The van der Waals surface area contributed by atoms with Crippen LogP contribution in [0.4, 0.5) is 24.5 Å². The van der Waals surface area contributed by atoms with Crippen LogP contribution in [-0.2, 0) is 10.2 Å². The number of halogens is 3. The molecular formula is C14H13F3N4O. The quantitative estimate of drug-likeness (QED) is 0.435. The highest BCUT2D eigenvalue weighted by atomic mass is 19.3. The number of rotatable bonds is 1. The number of hydrogen-bond acceptors (Lipinski definition) is 2. The second-order valence-corrected chi connectivity index (χ2v) is 5.82. The van der Waals surface area contributed by atoms with Crippen LogP contribution in [0, 0.1) is 5.82 Å². The lowest BCUT2D eigenvalue weighted by Gasteiger charge is -2.36. The van der Waals surface area contributed by atoms with E-state index in [0.29, 0.717) is 5.56 Å². The van der Waals surface area contributed by atoms with Crippen LogP contribution in [0.5, 0.6) is 0 Å². The Labute approximate surface area is 124 Å². The summed E-state index contributed by atoms with van der Waals surface area (Å²) in [7, 11) is 1.43. The molecule has 0 radical (unpaired) electrons. The van der Waals surface area contributed by atoms with Gasteiger partial charge in [0, 0.05) is 30.5 Å². The van der Waals surface area contributed by atoms with E-state index in [1.165, 1.54) is 18.0 Å². The van der Waals surface area contributed by atoms with E-state index in [1.807, 2.05) is 0 Å². The minimum atomic E-state index is -2.80. The van der Waals surface area contributed by atoms with Crippen LogP contribution in [0.1, 0.15) is 31.2 Å². The summed E-state index contributed by atoms with van der Waals surface area (Å²) >= 11 is 0. The smallest absolute Gasteiger partial charge is 0.248 e. The Hall–Kier alpha value is -2.21. The van der Waals surface area contributed by atoms with E-state index in [1.54, 1.807) is 0 Å². The highest BCUT2D eigenvalue weighted by Gasteiger charge is 2.55. The monoisotopic (exact) mass is 310 g/mol. The van der Waals surface area contributed by atoms with Gasteiger partial charge in [0.2, 0.25) is 11.8 Å². The SMILES string of the molecule is CN1C(=O)C2(CCC(F)(F)CC2)c2cc(N=[N+]=[N-])cc(F)c21. The molecule has 1 aliphatic carbocycles. The van der Waals surface area contributed by atoms with Crippen LogP contribution in [0.15, 0.2) is 17.2 Å². The molecule has 5 nitrogen and oxygen atoms in total. The molecule has 1 fully saturated rings. The van der Waals surface area contributed by atoms with E-state index in [0.717, 1.165) is 6.07 Å². The average molecular weight is 310 g/mol. The molecule has 116 valence electrons. The van der Waals surface area contributed by atoms with Gasteiger partial charge < -0.3 is 4.90 Å². The molecule has 0 atom stereocenters. The van der Waals surface area contributed by atoms with Crippen LogP contribution in [0.3, 0.4) is 0 Å². The zero-order valence-corrected chi connectivity index (χ0v) is 11.8. The maximum atomic E-state index is 14.3. The Morgan fingerprint density at radius 2 is 1.91 bits per heavy atom. The number of carbonyl (C=O) groups excluding carboxylic acids is 1. The number of anilines is 1. The summed E-state index contributed by atoms with van der Waals surface area (Å²) in [6, 6.07) is 2.47. The van der Waals surface area contributed by atoms with Gasteiger partial charge in [-0.15, -0.1) is 0 Å². The summed E-state index contributed by atoms with van der Waals surface area (Å²) in [5.74, 6) is -3.87. The molecule has 1 aliphatic heterocycles. The lowest BCUT2D eigenvalue weighted by Crippen LogP contribution is -2.44. The summed E-state index contributed by atoms with van der Waals surface area (Å²) in [4.78, 5) is 16.4. The molecule has 3 rings (SSSR count). The minimum absolute atomic E-state index is 0.0403. The van der Waals surface area contributed by atoms with Crippen molar-refractivity contribution >= 4 is 17.3 Å². The first-order chi connectivity index (χ1) is 10.3. The Bertz CT molecular complexity index is 702. The van der Waals surface area contributed by atoms with Crippen molar-refractivity contribution in [1.29, 1.82) is 0 Å². The Kier molecular flexibility index (Phi) is 3.11. The number of nitrogens with zero attached hydrogens (tertiary/aromatic N) is 4. The third-order valence-corrected chi connectivity index (χ3v) is 4.61. The van der Waals surface area contributed by atoms with Crippen molar-refractivity contribution in [1.82, 2.24) is 0 Å². The first-order valence-electron chi connectivity index (χ1n) is 6.86. The van der Waals surface area contributed by atoms with E-state index in [9.17, 15) is 18.0 Å². The van der Waals surface area contributed by atoms with Crippen molar-refractivity contribution in [3.63, 3.8) is 0 Å². The molecule has 1 aromatic rings. The molecule has 1 saturated carbocycles. The van der Waals surface area contributed by atoms with Gasteiger partial charge in [0.05, 0.1) is 11.1 Å². The number of carbonyl (C=O) groups is 1. The lowest BCUT2D eigenvalue weighted by atomic mass is 9.69. The molecule has 1 aromatic carbocycles. The molecule has 1 spiro atoms. The van der Waals surface area contributed by atoms with E-state index >= 15 is 0 Å². The van der Waals surface area contributed by atoms with Gasteiger partial charge in [-0.3, -0.25) is 4.79 Å².